The Hall–Kier alpha value is -3.01. The first-order valence-electron chi connectivity index (χ1n) is 9.87. The summed E-state index contributed by atoms with van der Waals surface area (Å²) >= 11 is 0. The smallest absolute Gasteiger partial charge is 0.310 e. The first-order chi connectivity index (χ1) is 15.1. The second-order valence-electron chi connectivity index (χ2n) is 7.77. The fourth-order valence-corrected chi connectivity index (χ4v) is 3.19. The van der Waals surface area contributed by atoms with Crippen LogP contribution >= 0.6 is 10.2 Å². The van der Waals surface area contributed by atoms with Gasteiger partial charge in [-0.25, -0.2) is 0 Å². The van der Waals surface area contributed by atoms with Gasteiger partial charge in [-0.05, 0) is 76.2 Å². The van der Waals surface area contributed by atoms with Crippen molar-refractivity contribution in [1.29, 1.82) is 0 Å². The molecule has 0 atom stereocenters. The molecule has 0 fully saturated rings. The summed E-state index contributed by atoms with van der Waals surface area (Å²) < 4.78 is 76.0. The maximum absolute atomic E-state index is 12.9. The summed E-state index contributed by atoms with van der Waals surface area (Å²) in [5.74, 6) is -0.244. The molecule has 0 radical (unpaired) electrons. The Morgan fingerprint density at radius 2 is 1.39 bits per heavy atom. The van der Waals surface area contributed by atoms with E-state index in [9.17, 15) is 24.2 Å². The summed E-state index contributed by atoms with van der Waals surface area (Å²) in [4.78, 5) is 10.8. The molecule has 33 heavy (non-hydrogen) atoms. The van der Waals surface area contributed by atoms with Gasteiger partial charge < -0.3 is 14.8 Å². The minimum atomic E-state index is -9.79. The maximum Gasteiger partial charge on any atom is 0.310 e. The SMILES string of the molecule is CC(C)=CCOc1cccc(C(=O)Nc2ccc(S(F)(F)(F)(F)F)cc2)c1OCC=C(C)C. The van der Waals surface area contributed by atoms with Gasteiger partial charge in [0.05, 0.1) is 5.56 Å². The Morgan fingerprint density at radius 3 is 1.91 bits per heavy atom. The predicted octanol–water partition coefficient (Wildman–Crippen LogP) is 8.29. The number of rotatable bonds is 9. The molecule has 0 saturated carbocycles. The number of carbonyl (C=O) groups excluding carboxylic acids is 1. The molecule has 0 saturated heterocycles. The van der Waals surface area contributed by atoms with Gasteiger partial charge in [-0.3, -0.25) is 4.79 Å². The van der Waals surface area contributed by atoms with Gasteiger partial charge in [-0.15, -0.1) is 0 Å². The van der Waals surface area contributed by atoms with Crippen molar-refractivity contribution in [3.63, 3.8) is 0 Å². The van der Waals surface area contributed by atoms with Crippen molar-refractivity contribution in [3.05, 3.63) is 71.3 Å². The minimum absolute atomic E-state index is 0.0728. The van der Waals surface area contributed by atoms with Gasteiger partial charge in [-0.2, -0.15) is 0 Å². The first kappa shape index (κ1) is 26.2. The number of hydrogen-bond donors (Lipinski definition) is 1. The van der Waals surface area contributed by atoms with Crippen molar-refractivity contribution in [2.24, 2.45) is 0 Å². The maximum atomic E-state index is 12.9. The Bertz CT molecular complexity index is 1070. The normalized spacial score (nSPS) is 13.2. The van der Waals surface area contributed by atoms with Crippen LogP contribution in [0.15, 0.2) is 70.7 Å². The molecular weight excluding hydrogens is 465 g/mol. The Balaban J connectivity index is 2.32. The summed E-state index contributed by atoms with van der Waals surface area (Å²) in [6.45, 7) is 7.96. The lowest BCUT2D eigenvalue weighted by atomic mass is 10.1. The molecule has 0 aliphatic carbocycles. The monoisotopic (exact) mass is 491 g/mol. The number of amides is 1. The summed E-state index contributed by atoms with van der Waals surface area (Å²) in [6.07, 6.45) is 3.64. The molecule has 2 aromatic rings. The van der Waals surface area contributed by atoms with Gasteiger partial charge in [0.25, 0.3) is 5.91 Å². The van der Waals surface area contributed by atoms with Crippen LogP contribution < -0.4 is 14.8 Å². The van der Waals surface area contributed by atoms with Crippen LogP contribution in [0.2, 0.25) is 0 Å². The van der Waals surface area contributed by atoms with Gasteiger partial charge in [0, 0.05) is 5.69 Å². The van der Waals surface area contributed by atoms with Crippen LogP contribution in [0.1, 0.15) is 38.1 Å². The number of nitrogens with one attached hydrogen (secondary N) is 1. The van der Waals surface area contributed by atoms with Crippen LogP contribution in [-0.2, 0) is 0 Å². The topological polar surface area (TPSA) is 47.6 Å². The molecule has 0 unspecified atom stereocenters. The van der Waals surface area contributed by atoms with E-state index in [-0.39, 0.29) is 42.3 Å². The lowest BCUT2D eigenvalue weighted by molar-refractivity contribution is 0.102. The molecule has 10 heteroatoms. The van der Waals surface area contributed by atoms with Crippen LogP contribution in [0.25, 0.3) is 0 Å². The number of benzene rings is 2. The summed E-state index contributed by atoms with van der Waals surface area (Å²) in [5, 5.41) is 2.40. The quantitative estimate of drug-likeness (QED) is 0.284. The van der Waals surface area contributed by atoms with E-state index >= 15 is 0 Å². The molecule has 0 spiro atoms. The number of anilines is 1. The molecule has 1 amide bonds. The van der Waals surface area contributed by atoms with Crippen LogP contribution in [-0.4, -0.2) is 19.1 Å². The second-order valence-corrected chi connectivity index (χ2v) is 10.2. The number of para-hydroxylation sites is 1. The number of allylic oxidation sites excluding steroid dienone is 2. The lowest BCUT2D eigenvalue weighted by Crippen LogP contribution is -2.15. The van der Waals surface area contributed by atoms with E-state index in [4.69, 9.17) is 9.47 Å². The molecule has 0 aliphatic rings. The molecule has 2 aromatic carbocycles. The van der Waals surface area contributed by atoms with Gasteiger partial charge >= 0.3 is 10.2 Å². The summed E-state index contributed by atoms with van der Waals surface area (Å²) in [6, 6.07) is 6.66. The van der Waals surface area contributed by atoms with E-state index in [0.717, 1.165) is 23.3 Å². The minimum Gasteiger partial charge on any atom is -0.486 e. The Labute approximate surface area is 189 Å². The highest BCUT2D eigenvalue weighted by atomic mass is 32.5. The van der Waals surface area contributed by atoms with Crippen molar-refractivity contribution in [2.75, 3.05) is 18.5 Å². The van der Waals surface area contributed by atoms with E-state index in [2.05, 4.69) is 5.32 Å². The largest absolute Gasteiger partial charge is 0.486 e. The molecule has 0 bridgehead atoms. The lowest BCUT2D eigenvalue weighted by Gasteiger charge is -2.40. The molecule has 0 heterocycles. The van der Waals surface area contributed by atoms with Crippen LogP contribution in [0.5, 0.6) is 11.5 Å². The molecule has 4 nitrogen and oxygen atoms in total. The van der Waals surface area contributed by atoms with Crippen molar-refractivity contribution in [2.45, 2.75) is 32.6 Å². The van der Waals surface area contributed by atoms with Gasteiger partial charge in [0.15, 0.2) is 11.5 Å². The first-order valence-corrected chi connectivity index (χ1v) is 11.8. The van der Waals surface area contributed by atoms with E-state index in [1.165, 1.54) is 6.07 Å². The zero-order valence-corrected chi connectivity index (χ0v) is 19.4. The predicted molar refractivity (Wildman–Crippen MR) is 122 cm³/mol. The number of hydrogen-bond acceptors (Lipinski definition) is 3. The van der Waals surface area contributed by atoms with E-state index in [1.54, 1.807) is 18.2 Å². The number of halogens is 5. The average Bonchev–Trinajstić information content (AvgIpc) is 2.67. The number of ether oxygens (including phenoxy) is 2. The third-order valence-corrected chi connectivity index (χ3v) is 5.39. The van der Waals surface area contributed by atoms with Gasteiger partial charge in [-0.1, -0.05) is 36.6 Å². The van der Waals surface area contributed by atoms with Gasteiger partial charge in [0.1, 0.15) is 18.1 Å². The molecule has 0 aliphatic heterocycles. The average molecular weight is 492 g/mol. The molecule has 0 aromatic heterocycles. The molecule has 1 N–H and O–H groups in total. The zero-order chi connectivity index (χ0) is 24.9. The van der Waals surface area contributed by atoms with Crippen molar-refractivity contribution in [1.82, 2.24) is 0 Å². The summed E-state index contributed by atoms with van der Waals surface area (Å²) in [7, 11) is -9.79. The van der Waals surface area contributed by atoms with E-state index < -0.39 is 21.0 Å². The highest BCUT2D eigenvalue weighted by molar-refractivity contribution is 8.45. The van der Waals surface area contributed by atoms with E-state index in [1.807, 2.05) is 33.8 Å². The van der Waals surface area contributed by atoms with Crippen LogP contribution in [0, 0.1) is 0 Å². The highest BCUT2D eigenvalue weighted by Gasteiger charge is 2.65. The molecular formula is C23H26F5NO3S. The van der Waals surface area contributed by atoms with Gasteiger partial charge in [0.2, 0.25) is 0 Å². The third kappa shape index (κ3) is 8.12. The second kappa shape index (κ2) is 9.09. The van der Waals surface area contributed by atoms with Crippen molar-refractivity contribution >= 4 is 21.8 Å². The zero-order valence-electron chi connectivity index (χ0n) is 18.6. The van der Waals surface area contributed by atoms with Crippen molar-refractivity contribution in [3.8, 4) is 11.5 Å². The third-order valence-electron chi connectivity index (χ3n) is 4.23. The fraction of sp³-hybridized carbons (Fsp3) is 0.261. The Kier molecular flexibility index (Phi) is 7.23. The van der Waals surface area contributed by atoms with Crippen LogP contribution in [0.4, 0.5) is 25.1 Å². The Morgan fingerprint density at radius 1 is 0.848 bits per heavy atom. The summed E-state index contributed by atoms with van der Waals surface area (Å²) in [5.41, 5.74) is 2.01. The van der Waals surface area contributed by atoms with E-state index in [0.29, 0.717) is 5.75 Å². The molecule has 2 rings (SSSR count). The number of carbonyl (C=O) groups is 1. The van der Waals surface area contributed by atoms with Crippen molar-refractivity contribution < 1.29 is 33.7 Å². The fourth-order valence-electron chi connectivity index (χ4n) is 2.54. The molecule has 182 valence electrons. The standard InChI is InChI=1S/C23H26F5NO3S/c1-16(2)12-14-31-21-7-5-6-20(22(21)32-15-13-17(3)4)23(30)29-18-8-10-19(11-9-18)33(24,25,26,27)28/h5-13H,14-15H2,1-4H3,(H,29,30). The highest BCUT2D eigenvalue weighted by Crippen LogP contribution is 3.02. The van der Waals surface area contributed by atoms with Crippen LogP contribution in [0.3, 0.4) is 0 Å².